The van der Waals surface area contributed by atoms with E-state index < -0.39 is 18.5 Å². The second-order valence-electron chi connectivity index (χ2n) is 9.45. The summed E-state index contributed by atoms with van der Waals surface area (Å²) >= 11 is 0. The lowest BCUT2D eigenvalue weighted by atomic mass is 9.97. The van der Waals surface area contributed by atoms with Crippen LogP contribution in [0.25, 0.3) is 22.2 Å². The van der Waals surface area contributed by atoms with Crippen molar-refractivity contribution in [2.75, 3.05) is 11.9 Å². The number of aromatic nitrogens is 1. The Morgan fingerprint density at radius 1 is 0.800 bits per heavy atom. The molecule has 5 aromatic rings. The maximum atomic E-state index is 13.3. The zero-order chi connectivity index (χ0) is 27.9. The topological polar surface area (TPSA) is 77.5 Å². The van der Waals surface area contributed by atoms with E-state index in [2.05, 4.69) is 12.2 Å². The molecule has 0 fully saturated rings. The van der Waals surface area contributed by atoms with Crippen LogP contribution in [0, 0.1) is 6.92 Å². The highest BCUT2D eigenvalue weighted by Gasteiger charge is 2.21. The molecule has 1 amide bonds. The lowest BCUT2D eigenvalue weighted by molar-refractivity contribution is -0.119. The summed E-state index contributed by atoms with van der Waals surface area (Å²) in [5.74, 6) is -0.238. The Balaban J connectivity index is 1.34. The highest BCUT2D eigenvalue weighted by Crippen LogP contribution is 2.31. The van der Waals surface area contributed by atoms with Gasteiger partial charge in [-0.3, -0.25) is 4.79 Å². The van der Waals surface area contributed by atoms with Gasteiger partial charge in [-0.2, -0.15) is 0 Å². The number of benzene rings is 4. The Kier molecular flexibility index (Phi) is 8.16. The van der Waals surface area contributed by atoms with Gasteiger partial charge in [0.15, 0.2) is 6.61 Å². The average Bonchev–Trinajstić information content (AvgIpc) is 3.00. The quantitative estimate of drug-likeness (QED) is 0.205. The van der Waals surface area contributed by atoms with Gasteiger partial charge in [-0.25, -0.2) is 9.78 Å². The minimum absolute atomic E-state index is 0.394. The number of nitrogens with zero attached hydrogens (tertiary/aromatic N) is 1. The summed E-state index contributed by atoms with van der Waals surface area (Å²) in [4.78, 5) is 30.7. The minimum atomic E-state index is -0.573. The van der Waals surface area contributed by atoms with Crippen molar-refractivity contribution in [2.45, 2.75) is 26.9 Å². The van der Waals surface area contributed by atoms with Crippen LogP contribution in [-0.4, -0.2) is 23.5 Å². The van der Waals surface area contributed by atoms with Gasteiger partial charge in [-0.15, -0.1) is 0 Å². The van der Waals surface area contributed by atoms with Crippen LogP contribution in [0.5, 0.6) is 5.75 Å². The van der Waals surface area contributed by atoms with Crippen molar-refractivity contribution in [2.24, 2.45) is 0 Å². The first-order valence-corrected chi connectivity index (χ1v) is 13.2. The first kappa shape index (κ1) is 26.6. The van der Waals surface area contributed by atoms with E-state index in [0.717, 1.165) is 23.3 Å². The number of hydrogen-bond acceptors (Lipinski definition) is 5. The molecule has 0 bridgehead atoms. The van der Waals surface area contributed by atoms with Gasteiger partial charge in [0.1, 0.15) is 12.4 Å². The summed E-state index contributed by atoms with van der Waals surface area (Å²) in [5.41, 5.74) is 6.17. The highest BCUT2D eigenvalue weighted by atomic mass is 16.5. The second kappa shape index (κ2) is 12.3. The predicted molar refractivity (Wildman–Crippen MR) is 157 cm³/mol. The van der Waals surface area contributed by atoms with Gasteiger partial charge in [-0.1, -0.05) is 67.6 Å². The molecular formula is C34H30N2O4. The van der Waals surface area contributed by atoms with E-state index in [4.69, 9.17) is 14.5 Å². The van der Waals surface area contributed by atoms with Gasteiger partial charge in [0.2, 0.25) is 0 Å². The predicted octanol–water partition coefficient (Wildman–Crippen LogP) is 7.15. The number of para-hydroxylation sites is 1. The molecule has 0 saturated carbocycles. The fraction of sp³-hybridized carbons (Fsp3) is 0.147. The van der Waals surface area contributed by atoms with Gasteiger partial charge in [0.25, 0.3) is 5.91 Å². The van der Waals surface area contributed by atoms with Crippen LogP contribution in [-0.2, 0) is 22.6 Å². The fourth-order valence-corrected chi connectivity index (χ4v) is 4.53. The van der Waals surface area contributed by atoms with Crippen LogP contribution < -0.4 is 10.1 Å². The lowest BCUT2D eigenvalue weighted by Crippen LogP contribution is -2.21. The van der Waals surface area contributed by atoms with Crippen molar-refractivity contribution in [3.63, 3.8) is 0 Å². The Labute approximate surface area is 233 Å². The number of rotatable bonds is 9. The zero-order valence-electron chi connectivity index (χ0n) is 22.5. The summed E-state index contributed by atoms with van der Waals surface area (Å²) in [6, 6.07) is 32.6. The summed E-state index contributed by atoms with van der Waals surface area (Å²) in [5, 5.41) is 3.45. The summed E-state index contributed by atoms with van der Waals surface area (Å²) in [6.45, 7) is 3.99. The van der Waals surface area contributed by atoms with E-state index in [1.807, 2.05) is 110 Å². The fourth-order valence-electron chi connectivity index (χ4n) is 4.53. The van der Waals surface area contributed by atoms with E-state index >= 15 is 0 Å². The van der Waals surface area contributed by atoms with Crippen molar-refractivity contribution < 1.29 is 19.1 Å². The molecule has 0 saturated heterocycles. The Morgan fingerprint density at radius 3 is 2.23 bits per heavy atom. The minimum Gasteiger partial charge on any atom is -0.489 e. The van der Waals surface area contributed by atoms with Gasteiger partial charge in [0, 0.05) is 16.6 Å². The van der Waals surface area contributed by atoms with Crippen molar-refractivity contribution in [1.29, 1.82) is 0 Å². The molecule has 0 aliphatic rings. The van der Waals surface area contributed by atoms with Crippen LogP contribution >= 0.6 is 0 Å². The Morgan fingerprint density at radius 2 is 1.50 bits per heavy atom. The molecule has 6 nitrogen and oxygen atoms in total. The first-order valence-electron chi connectivity index (χ1n) is 13.2. The maximum Gasteiger partial charge on any atom is 0.339 e. The van der Waals surface area contributed by atoms with E-state index in [9.17, 15) is 9.59 Å². The summed E-state index contributed by atoms with van der Waals surface area (Å²) < 4.78 is 11.4. The lowest BCUT2D eigenvalue weighted by Gasteiger charge is -2.15. The van der Waals surface area contributed by atoms with Gasteiger partial charge in [-0.05, 0) is 72.5 Å². The maximum absolute atomic E-state index is 13.3. The Hall–Kier alpha value is -4.97. The third-order valence-corrected chi connectivity index (χ3v) is 6.70. The molecule has 1 heterocycles. The molecule has 0 spiro atoms. The molecule has 1 N–H and O–H groups in total. The number of anilines is 1. The molecule has 0 unspecified atom stereocenters. The molecule has 0 radical (unpaired) electrons. The number of esters is 1. The molecule has 0 aliphatic carbocycles. The van der Waals surface area contributed by atoms with Crippen LogP contribution in [0.2, 0.25) is 0 Å². The number of pyridine rings is 1. The monoisotopic (exact) mass is 530 g/mol. The van der Waals surface area contributed by atoms with Crippen molar-refractivity contribution in [3.05, 3.63) is 125 Å². The van der Waals surface area contributed by atoms with Crippen molar-refractivity contribution in [3.8, 4) is 17.0 Å². The third kappa shape index (κ3) is 6.18. The number of carbonyl (C=O) groups excluding carboxylic acids is 2. The van der Waals surface area contributed by atoms with Crippen LogP contribution in [0.4, 0.5) is 5.69 Å². The molecule has 1 aromatic heterocycles. The second-order valence-corrected chi connectivity index (χ2v) is 9.45. The van der Waals surface area contributed by atoms with Crippen LogP contribution in [0.3, 0.4) is 0 Å². The molecule has 6 heteroatoms. The normalized spacial score (nSPS) is 10.8. The standard InChI is InChI=1S/C34H30N2O4/c1-3-24-13-17-27(18-14-24)35-31(37)22-40-34(38)32-23(2)33(36-30-12-8-7-11-29(30)32)26-15-19-28(20-16-26)39-21-25-9-5-4-6-10-25/h4-20H,3,21-22H2,1-2H3,(H,35,37). The van der Waals surface area contributed by atoms with Crippen molar-refractivity contribution in [1.82, 2.24) is 4.98 Å². The Bertz CT molecular complexity index is 1630. The van der Waals surface area contributed by atoms with Gasteiger partial charge < -0.3 is 14.8 Å². The number of fused-ring (bicyclic) bond motifs is 1. The van der Waals surface area contributed by atoms with Crippen LogP contribution in [0.1, 0.15) is 34.0 Å². The smallest absolute Gasteiger partial charge is 0.339 e. The number of ether oxygens (including phenoxy) is 2. The number of carbonyl (C=O) groups is 2. The van der Waals surface area contributed by atoms with Crippen LogP contribution in [0.15, 0.2) is 103 Å². The largest absolute Gasteiger partial charge is 0.489 e. The third-order valence-electron chi connectivity index (χ3n) is 6.70. The van der Waals surface area contributed by atoms with Gasteiger partial charge >= 0.3 is 5.97 Å². The number of nitrogens with one attached hydrogen (secondary N) is 1. The number of hydrogen-bond donors (Lipinski definition) is 1. The number of aryl methyl sites for hydroxylation is 1. The van der Waals surface area contributed by atoms with Gasteiger partial charge in [0.05, 0.1) is 16.8 Å². The molecule has 4 aromatic carbocycles. The first-order chi connectivity index (χ1) is 19.5. The molecule has 200 valence electrons. The highest BCUT2D eigenvalue weighted by molar-refractivity contribution is 6.07. The molecule has 0 atom stereocenters. The zero-order valence-corrected chi connectivity index (χ0v) is 22.5. The summed E-state index contributed by atoms with van der Waals surface area (Å²) in [6.07, 6.45) is 0.916. The number of amides is 1. The molecule has 0 aliphatic heterocycles. The van der Waals surface area contributed by atoms with E-state index in [1.165, 1.54) is 5.56 Å². The van der Waals surface area contributed by atoms with E-state index in [1.54, 1.807) is 0 Å². The van der Waals surface area contributed by atoms with E-state index in [-0.39, 0.29) is 0 Å². The average molecular weight is 531 g/mol. The van der Waals surface area contributed by atoms with Crippen molar-refractivity contribution >= 4 is 28.5 Å². The van der Waals surface area contributed by atoms with E-state index in [0.29, 0.717) is 40.0 Å². The molecular weight excluding hydrogens is 500 g/mol. The SMILES string of the molecule is CCc1ccc(NC(=O)COC(=O)c2c(C)c(-c3ccc(OCc4ccccc4)cc3)nc3ccccc23)cc1. The molecule has 5 rings (SSSR count). The summed E-state index contributed by atoms with van der Waals surface area (Å²) in [7, 11) is 0. The molecule has 40 heavy (non-hydrogen) atoms.